The van der Waals surface area contributed by atoms with Gasteiger partial charge in [0.15, 0.2) is 0 Å². The number of anilines is 2. The van der Waals surface area contributed by atoms with E-state index >= 15 is 0 Å². The van der Waals surface area contributed by atoms with Gasteiger partial charge in [-0.1, -0.05) is 25.5 Å². The molecule has 2 atom stereocenters. The molecule has 6 heteroatoms. The van der Waals surface area contributed by atoms with Crippen LogP contribution in [0.25, 0.3) is 0 Å². The molecule has 0 radical (unpaired) electrons. The van der Waals surface area contributed by atoms with Crippen LogP contribution in [0.15, 0.2) is 24.3 Å². The van der Waals surface area contributed by atoms with Gasteiger partial charge < -0.3 is 10.1 Å². The lowest BCUT2D eigenvalue weighted by molar-refractivity contribution is 0.00598. The molecular weight excluding hydrogens is 288 g/mol. The van der Waals surface area contributed by atoms with E-state index in [0.717, 1.165) is 44.2 Å². The van der Waals surface area contributed by atoms with E-state index in [9.17, 15) is 8.42 Å². The monoisotopic (exact) mass is 312 g/mol. The smallest absolute Gasteiger partial charge is 0.229 e. The third kappa shape index (κ3) is 5.21. The Morgan fingerprint density at radius 2 is 2.00 bits per heavy atom. The summed E-state index contributed by atoms with van der Waals surface area (Å²) in [7, 11) is -3.27. The minimum Gasteiger partial charge on any atom is -0.380 e. The lowest BCUT2D eigenvalue weighted by Crippen LogP contribution is -2.34. The van der Waals surface area contributed by atoms with E-state index < -0.39 is 10.0 Å². The normalized spacial score (nSPS) is 22.8. The highest BCUT2D eigenvalue weighted by Crippen LogP contribution is 2.26. The standard InChI is InChI=1S/C15H24N2O3S/c1-3-6-13-11-12(9-10-20-13)16-14-7-4-5-8-15(14)17-21(2,18)19/h4-5,7-8,12-13,16-17H,3,6,9-11H2,1-2H3. The van der Waals surface area contributed by atoms with E-state index in [-0.39, 0.29) is 0 Å². The Labute approximate surface area is 127 Å². The molecule has 21 heavy (non-hydrogen) atoms. The SMILES string of the molecule is CCCC1CC(Nc2ccccc2NS(C)(=O)=O)CCO1. The van der Waals surface area contributed by atoms with Crippen molar-refractivity contribution in [2.45, 2.75) is 44.8 Å². The van der Waals surface area contributed by atoms with Crippen molar-refractivity contribution in [2.75, 3.05) is 22.9 Å². The molecule has 1 fully saturated rings. The van der Waals surface area contributed by atoms with Crippen LogP contribution in [0, 0.1) is 0 Å². The maximum absolute atomic E-state index is 11.4. The van der Waals surface area contributed by atoms with Crippen LogP contribution in [-0.2, 0) is 14.8 Å². The number of ether oxygens (including phenoxy) is 1. The average Bonchev–Trinajstić information content (AvgIpc) is 2.40. The second-order valence-corrected chi connectivity index (χ2v) is 7.32. The van der Waals surface area contributed by atoms with Gasteiger partial charge in [-0.05, 0) is 31.4 Å². The second kappa shape index (κ2) is 7.13. The second-order valence-electron chi connectivity index (χ2n) is 5.57. The lowest BCUT2D eigenvalue weighted by atomic mass is 10.00. The largest absolute Gasteiger partial charge is 0.380 e. The number of sulfonamides is 1. The topological polar surface area (TPSA) is 67.4 Å². The zero-order valence-electron chi connectivity index (χ0n) is 12.6. The molecule has 1 heterocycles. The maximum atomic E-state index is 11.4. The third-order valence-corrected chi connectivity index (χ3v) is 4.15. The first-order valence-corrected chi connectivity index (χ1v) is 9.32. The first-order chi connectivity index (χ1) is 9.98. The summed E-state index contributed by atoms with van der Waals surface area (Å²) in [6.45, 7) is 2.91. The Kier molecular flexibility index (Phi) is 5.47. The number of para-hydroxylation sites is 2. The summed E-state index contributed by atoms with van der Waals surface area (Å²) in [4.78, 5) is 0. The highest BCUT2D eigenvalue weighted by Gasteiger charge is 2.22. The summed E-state index contributed by atoms with van der Waals surface area (Å²) < 4.78 is 31.1. The van der Waals surface area contributed by atoms with Gasteiger partial charge in [-0.3, -0.25) is 4.72 Å². The predicted octanol–water partition coefficient (Wildman–Crippen LogP) is 2.82. The Morgan fingerprint density at radius 3 is 2.67 bits per heavy atom. The molecule has 1 aliphatic rings. The van der Waals surface area contributed by atoms with E-state index in [1.807, 2.05) is 18.2 Å². The highest BCUT2D eigenvalue weighted by molar-refractivity contribution is 7.92. The molecule has 0 spiro atoms. The summed E-state index contributed by atoms with van der Waals surface area (Å²) in [6, 6.07) is 7.71. The molecule has 118 valence electrons. The van der Waals surface area contributed by atoms with Crippen LogP contribution >= 0.6 is 0 Å². The molecule has 0 aromatic heterocycles. The molecular formula is C15H24N2O3S. The zero-order valence-corrected chi connectivity index (χ0v) is 13.4. The van der Waals surface area contributed by atoms with Crippen LogP contribution in [0.2, 0.25) is 0 Å². The third-order valence-electron chi connectivity index (χ3n) is 3.56. The average molecular weight is 312 g/mol. The van der Waals surface area contributed by atoms with Crippen molar-refractivity contribution in [2.24, 2.45) is 0 Å². The van der Waals surface area contributed by atoms with E-state index in [2.05, 4.69) is 17.0 Å². The van der Waals surface area contributed by atoms with Gasteiger partial charge >= 0.3 is 0 Å². The molecule has 0 bridgehead atoms. The molecule has 2 rings (SSSR count). The molecule has 0 amide bonds. The van der Waals surface area contributed by atoms with E-state index in [1.165, 1.54) is 0 Å². The summed E-state index contributed by atoms with van der Waals surface area (Å²) in [5.74, 6) is 0. The number of rotatable bonds is 6. The maximum Gasteiger partial charge on any atom is 0.229 e. The Bertz CT molecular complexity index is 558. The van der Waals surface area contributed by atoms with Gasteiger partial charge in [0.1, 0.15) is 0 Å². The van der Waals surface area contributed by atoms with Gasteiger partial charge in [-0.2, -0.15) is 0 Å². The van der Waals surface area contributed by atoms with Crippen LogP contribution in [0.5, 0.6) is 0 Å². The summed E-state index contributed by atoms with van der Waals surface area (Å²) >= 11 is 0. The van der Waals surface area contributed by atoms with Crippen LogP contribution in [-0.4, -0.2) is 33.4 Å². The number of hydrogen-bond donors (Lipinski definition) is 2. The summed E-state index contributed by atoms with van der Waals surface area (Å²) in [5, 5.41) is 3.45. The van der Waals surface area contributed by atoms with Crippen molar-refractivity contribution >= 4 is 21.4 Å². The quantitative estimate of drug-likeness (QED) is 0.847. The summed E-state index contributed by atoms with van der Waals surface area (Å²) in [6.07, 6.45) is 5.55. The van der Waals surface area contributed by atoms with Gasteiger partial charge in [0.25, 0.3) is 0 Å². The summed E-state index contributed by atoms with van der Waals surface area (Å²) in [5.41, 5.74) is 1.42. The molecule has 2 N–H and O–H groups in total. The number of hydrogen-bond acceptors (Lipinski definition) is 4. The van der Waals surface area contributed by atoms with Crippen molar-refractivity contribution in [1.82, 2.24) is 0 Å². The first-order valence-electron chi connectivity index (χ1n) is 7.43. The van der Waals surface area contributed by atoms with Crippen LogP contribution in [0.1, 0.15) is 32.6 Å². The molecule has 2 unspecified atom stereocenters. The van der Waals surface area contributed by atoms with Gasteiger partial charge in [-0.25, -0.2) is 8.42 Å². The van der Waals surface area contributed by atoms with Crippen molar-refractivity contribution < 1.29 is 13.2 Å². The van der Waals surface area contributed by atoms with Crippen LogP contribution in [0.4, 0.5) is 11.4 Å². The Hall–Kier alpha value is -1.27. The number of nitrogens with one attached hydrogen (secondary N) is 2. The first kappa shape index (κ1) is 16.1. The van der Waals surface area contributed by atoms with Gasteiger partial charge in [0.2, 0.25) is 10.0 Å². The van der Waals surface area contributed by atoms with Crippen molar-refractivity contribution in [3.8, 4) is 0 Å². The Morgan fingerprint density at radius 1 is 1.29 bits per heavy atom. The molecule has 0 saturated carbocycles. The zero-order chi connectivity index (χ0) is 15.3. The van der Waals surface area contributed by atoms with Gasteiger partial charge in [-0.15, -0.1) is 0 Å². The lowest BCUT2D eigenvalue weighted by Gasteiger charge is -2.31. The fourth-order valence-electron chi connectivity index (χ4n) is 2.65. The van der Waals surface area contributed by atoms with Crippen LogP contribution in [0.3, 0.4) is 0 Å². The van der Waals surface area contributed by atoms with Crippen LogP contribution < -0.4 is 10.0 Å². The minimum atomic E-state index is -3.27. The van der Waals surface area contributed by atoms with Crippen molar-refractivity contribution in [3.05, 3.63) is 24.3 Å². The molecule has 1 aromatic rings. The molecule has 0 aliphatic carbocycles. The Balaban J connectivity index is 2.05. The van der Waals surface area contributed by atoms with E-state index in [0.29, 0.717) is 17.8 Å². The van der Waals surface area contributed by atoms with Crippen molar-refractivity contribution in [1.29, 1.82) is 0 Å². The fraction of sp³-hybridized carbons (Fsp3) is 0.600. The molecule has 1 saturated heterocycles. The molecule has 1 aromatic carbocycles. The fourth-order valence-corrected chi connectivity index (χ4v) is 3.23. The highest BCUT2D eigenvalue weighted by atomic mass is 32.2. The van der Waals surface area contributed by atoms with Gasteiger partial charge in [0.05, 0.1) is 23.7 Å². The number of benzene rings is 1. The van der Waals surface area contributed by atoms with Crippen molar-refractivity contribution in [3.63, 3.8) is 0 Å². The van der Waals surface area contributed by atoms with Gasteiger partial charge in [0, 0.05) is 12.6 Å². The predicted molar refractivity (Wildman–Crippen MR) is 86.2 cm³/mol. The molecule has 1 aliphatic heterocycles. The van der Waals surface area contributed by atoms with E-state index in [4.69, 9.17) is 4.74 Å². The molecule has 5 nitrogen and oxygen atoms in total. The van der Waals surface area contributed by atoms with E-state index in [1.54, 1.807) is 6.07 Å². The minimum absolute atomic E-state index is 0.302.